The number of anilines is 1. The predicted molar refractivity (Wildman–Crippen MR) is 88.0 cm³/mol. The number of hydrogen-bond acceptors (Lipinski definition) is 10. The van der Waals surface area contributed by atoms with Gasteiger partial charge in [0.05, 0.1) is 31.7 Å². The van der Waals surface area contributed by atoms with Crippen LogP contribution in [0.2, 0.25) is 0 Å². The number of nitriles is 1. The molecule has 0 bridgehead atoms. The molecule has 1 saturated heterocycles. The molecule has 2 aromatic rings. The first-order valence-corrected chi connectivity index (χ1v) is 9.34. The van der Waals surface area contributed by atoms with Crippen LogP contribution >= 0.6 is 7.82 Å². The fraction of sp³-hybridized carbons (Fsp3) is 0.538. The maximum atomic E-state index is 10.8. The van der Waals surface area contributed by atoms with Crippen LogP contribution < -0.4 is 5.32 Å². The molecule has 14 heteroatoms. The second kappa shape index (κ2) is 7.83. The first-order chi connectivity index (χ1) is 12.8. The molecule has 0 spiro atoms. The SMILES string of the molecule is N#CC(O)CNc1ncnc2c1ncn2[C@H]1C[C@H](O)[C@@H](COP(=O)(O)O)O1. The lowest BCUT2D eigenvalue weighted by atomic mass is 10.2. The van der Waals surface area contributed by atoms with Gasteiger partial charge in [-0.15, -0.1) is 0 Å². The fourth-order valence-electron chi connectivity index (χ4n) is 2.64. The minimum Gasteiger partial charge on any atom is -0.390 e. The zero-order valence-electron chi connectivity index (χ0n) is 13.8. The van der Waals surface area contributed by atoms with Gasteiger partial charge in [-0.2, -0.15) is 5.26 Å². The van der Waals surface area contributed by atoms with Gasteiger partial charge in [0, 0.05) is 6.42 Å². The highest BCUT2D eigenvalue weighted by atomic mass is 31.2. The van der Waals surface area contributed by atoms with Gasteiger partial charge in [0.1, 0.15) is 18.7 Å². The Morgan fingerprint density at radius 1 is 1.48 bits per heavy atom. The van der Waals surface area contributed by atoms with Crippen LogP contribution in [0.1, 0.15) is 12.6 Å². The smallest absolute Gasteiger partial charge is 0.390 e. The van der Waals surface area contributed by atoms with Crippen LogP contribution in [0, 0.1) is 11.3 Å². The largest absolute Gasteiger partial charge is 0.469 e. The summed E-state index contributed by atoms with van der Waals surface area (Å²) < 4.78 is 22.4. The van der Waals surface area contributed by atoms with E-state index in [1.165, 1.54) is 12.7 Å². The Kier molecular flexibility index (Phi) is 5.68. The molecule has 0 aliphatic carbocycles. The van der Waals surface area contributed by atoms with Crippen LogP contribution in [0.4, 0.5) is 5.82 Å². The lowest BCUT2D eigenvalue weighted by molar-refractivity contribution is -0.0424. The Hall–Kier alpha value is -2.17. The van der Waals surface area contributed by atoms with E-state index in [1.807, 2.05) is 0 Å². The summed E-state index contributed by atoms with van der Waals surface area (Å²) in [5.74, 6) is 0.313. The van der Waals surface area contributed by atoms with Crippen molar-refractivity contribution in [3.05, 3.63) is 12.7 Å². The predicted octanol–water partition coefficient (Wildman–Crippen LogP) is -1.12. The molecule has 4 atom stereocenters. The van der Waals surface area contributed by atoms with Gasteiger partial charge in [0.15, 0.2) is 23.1 Å². The second-order valence-corrected chi connectivity index (χ2v) is 7.03. The van der Waals surface area contributed by atoms with Crippen molar-refractivity contribution in [2.24, 2.45) is 0 Å². The Morgan fingerprint density at radius 2 is 2.26 bits per heavy atom. The van der Waals surface area contributed by atoms with Gasteiger partial charge in [-0.05, 0) is 0 Å². The van der Waals surface area contributed by atoms with E-state index in [0.29, 0.717) is 17.0 Å². The highest BCUT2D eigenvalue weighted by Crippen LogP contribution is 2.38. The molecule has 0 saturated carbocycles. The highest BCUT2D eigenvalue weighted by molar-refractivity contribution is 7.46. The summed E-state index contributed by atoms with van der Waals surface area (Å²) in [4.78, 5) is 29.9. The van der Waals surface area contributed by atoms with Gasteiger partial charge in [0.2, 0.25) is 0 Å². The summed E-state index contributed by atoms with van der Waals surface area (Å²) in [5.41, 5.74) is 0.753. The van der Waals surface area contributed by atoms with Crippen molar-refractivity contribution in [1.82, 2.24) is 19.5 Å². The Balaban J connectivity index is 1.76. The number of aliphatic hydroxyl groups is 2. The van der Waals surface area contributed by atoms with Gasteiger partial charge in [-0.1, -0.05) is 0 Å². The molecule has 0 radical (unpaired) electrons. The van der Waals surface area contributed by atoms with Crippen molar-refractivity contribution in [1.29, 1.82) is 5.26 Å². The molecule has 13 nitrogen and oxygen atoms in total. The number of nitrogens with one attached hydrogen (secondary N) is 1. The minimum absolute atomic E-state index is 0.0457. The van der Waals surface area contributed by atoms with Gasteiger partial charge < -0.3 is 30.1 Å². The summed E-state index contributed by atoms with van der Waals surface area (Å²) in [7, 11) is -4.67. The summed E-state index contributed by atoms with van der Waals surface area (Å²) in [5, 5.41) is 30.8. The third-order valence-corrected chi connectivity index (χ3v) is 4.38. The second-order valence-electron chi connectivity index (χ2n) is 5.79. The average molecular weight is 400 g/mol. The van der Waals surface area contributed by atoms with Crippen molar-refractivity contribution in [2.45, 2.75) is 31.0 Å². The fourth-order valence-corrected chi connectivity index (χ4v) is 2.98. The number of nitrogens with zero attached hydrogens (tertiary/aromatic N) is 5. The topological polar surface area (TPSA) is 196 Å². The number of imidazole rings is 1. The average Bonchev–Trinajstić information content (AvgIpc) is 3.20. The summed E-state index contributed by atoms with van der Waals surface area (Å²) in [6.45, 7) is -0.516. The summed E-state index contributed by atoms with van der Waals surface area (Å²) in [6, 6.07) is 1.67. The van der Waals surface area contributed by atoms with E-state index in [1.54, 1.807) is 10.6 Å². The Morgan fingerprint density at radius 3 is 2.96 bits per heavy atom. The Labute approximate surface area is 152 Å². The number of fused-ring (bicyclic) bond motifs is 1. The maximum Gasteiger partial charge on any atom is 0.469 e. The third-order valence-electron chi connectivity index (χ3n) is 3.89. The van der Waals surface area contributed by atoms with Gasteiger partial charge >= 0.3 is 7.82 Å². The van der Waals surface area contributed by atoms with E-state index in [0.717, 1.165) is 0 Å². The molecule has 3 rings (SSSR count). The molecule has 0 amide bonds. The van der Waals surface area contributed by atoms with E-state index in [9.17, 15) is 14.8 Å². The van der Waals surface area contributed by atoms with Crippen LogP contribution in [0.15, 0.2) is 12.7 Å². The van der Waals surface area contributed by atoms with Gasteiger partial charge in [-0.25, -0.2) is 19.5 Å². The first-order valence-electron chi connectivity index (χ1n) is 7.81. The van der Waals surface area contributed by atoms with Crippen molar-refractivity contribution in [3.63, 3.8) is 0 Å². The molecular weight excluding hydrogens is 383 g/mol. The van der Waals surface area contributed by atoms with Crippen LogP contribution in [-0.2, 0) is 13.8 Å². The number of aliphatic hydroxyl groups excluding tert-OH is 2. The molecule has 5 N–H and O–H groups in total. The van der Waals surface area contributed by atoms with Crippen molar-refractivity contribution >= 4 is 24.8 Å². The lowest BCUT2D eigenvalue weighted by Crippen LogP contribution is -2.25. The molecule has 0 aromatic carbocycles. The lowest BCUT2D eigenvalue weighted by Gasteiger charge is -2.16. The van der Waals surface area contributed by atoms with E-state index in [4.69, 9.17) is 19.8 Å². The number of hydrogen-bond donors (Lipinski definition) is 5. The molecule has 27 heavy (non-hydrogen) atoms. The third kappa shape index (κ3) is 4.57. The zero-order valence-corrected chi connectivity index (χ0v) is 14.7. The van der Waals surface area contributed by atoms with E-state index >= 15 is 0 Å². The highest BCUT2D eigenvalue weighted by Gasteiger charge is 2.37. The molecule has 1 fully saturated rings. The van der Waals surface area contributed by atoms with Crippen LogP contribution in [0.25, 0.3) is 11.2 Å². The summed E-state index contributed by atoms with van der Waals surface area (Å²) in [6.07, 6.45) is -0.978. The van der Waals surface area contributed by atoms with Crippen LogP contribution in [0.5, 0.6) is 0 Å². The van der Waals surface area contributed by atoms with Gasteiger partial charge in [0.25, 0.3) is 0 Å². The normalized spacial score (nSPS) is 24.0. The first kappa shape index (κ1) is 19.6. The van der Waals surface area contributed by atoms with Crippen LogP contribution in [-0.4, -0.2) is 71.0 Å². The van der Waals surface area contributed by atoms with Crippen molar-refractivity contribution in [3.8, 4) is 6.07 Å². The molecule has 1 aliphatic rings. The van der Waals surface area contributed by atoms with Crippen molar-refractivity contribution < 1.29 is 33.8 Å². The molecule has 2 aromatic heterocycles. The minimum atomic E-state index is -4.67. The van der Waals surface area contributed by atoms with Crippen molar-refractivity contribution in [2.75, 3.05) is 18.5 Å². The molecule has 1 unspecified atom stereocenters. The van der Waals surface area contributed by atoms with E-state index < -0.39 is 39.0 Å². The van der Waals surface area contributed by atoms with Gasteiger partial charge in [-0.3, -0.25) is 9.09 Å². The monoisotopic (exact) mass is 400 g/mol. The van der Waals surface area contributed by atoms with Crippen LogP contribution in [0.3, 0.4) is 0 Å². The zero-order chi connectivity index (χ0) is 19.6. The molecule has 1 aliphatic heterocycles. The number of rotatable bonds is 7. The summed E-state index contributed by atoms with van der Waals surface area (Å²) >= 11 is 0. The molecule has 3 heterocycles. The quantitative estimate of drug-likeness (QED) is 0.278. The van der Waals surface area contributed by atoms with E-state index in [2.05, 4.69) is 24.8 Å². The number of ether oxygens (including phenoxy) is 1. The Bertz CT molecular complexity index is 895. The molecular formula is C13H17N6O7P. The van der Waals surface area contributed by atoms with E-state index in [-0.39, 0.29) is 13.0 Å². The number of phosphoric ester groups is 1. The number of phosphoric acid groups is 1. The maximum absolute atomic E-state index is 10.8. The number of aromatic nitrogens is 4. The standard InChI is InChI=1S/C13H17N6O7P/c14-2-7(20)3-15-12-11-13(17-5-16-12)19(6-18-11)10-1-8(21)9(26-10)4-25-27(22,23)24/h5-10,20-21H,1,3-4H2,(H,15,16,17)(H2,22,23,24)/t7?,8-,9+,10+/m0/s1. The molecule has 146 valence electrons.